The van der Waals surface area contributed by atoms with Crippen LogP contribution in [0, 0.1) is 0 Å². The van der Waals surface area contributed by atoms with Crippen LogP contribution < -0.4 is 5.32 Å². The van der Waals surface area contributed by atoms with Gasteiger partial charge < -0.3 is 5.32 Å². The summed E-state index contributed by atoms with van der Waals surface area (Å²) in [4.78, 5) is 24.1. The summed E-state index contributed by atoms with van der Waals surface area (Å²) in [6, 6.07) is 5.52. The van der Waals surface area contributed by atoms with Crippen molar-refractivity contribution in [2.24, 2.45) is 0 Å². The number of nitrogens with one attached hydrogen (secondary N) is 1. The van der Waals surface area contributed by atoms with Gasteiger partial charge in [0, 0.05) is 43.1 Å². The Morgan fingerprint density at radius 1 is 1.14 bits per heavy atom. The van der Waals surface area contributed by atoms with E-state index in [4.69, 9.17) is 0 Å². The van der Waals surface area contributed by atoms with Crippen molar-refractivity contribution in [3.8, 4) is 5.82 Å². The second-order valence-electron chi connectivity index (χ2n) is 4.21. The molecule has 104 valence electrons. The highest BCUT2D eigenvalue weighted by molar-refractivity contribution is 5.91. The molecule has 0 aromatic carbocycles. The van der Waals surface area contributed by atoms with E-state index in [1.165, 1.54) is 18.6 Å². The number of hydrogen-bond acceptors (Lipinski definition) is 5. The lowest BCUT2D eigenvalue weighted by Gasteiger charge is -2.09. The third kappa shape index (κ3) is 2.92. The minimum absolute atomic E-state index is 0.279. The van der Waals surface area contributed by atoms with E-state index in [0.29, 0.717) is 12.4 Å². The summed E-state index contributed by atoms with van der Waals surface area (Å²) in [5.41, 5.74) is 1.14. The molecule has 0 bridgehead atoms. The third-order valence-corrected chi connectivity index (χ3v) is 2.82. The van der Waals surface area contributed by atoms with E-state index >= 15 is 0 Å². The van der Waals surface area contributed by atoms with Gasteiger partial charge in [-0.2, -0.15) is 5.10 Å². The number of aromatic nitrogens is 5. The Bertz CT molecular complexity index is 726. The molecule has 0 spiro atoms. The highest BCUT2D eigenvalue weighted by atomic mass is 16.1. The van der Waals surface area contributed by atoms with Gasteiger partial charge in [0.1, 0.15) is 5.69 Å². The van der Waals surface area contributed by atoms with E-state index in [2.05, 4.69) is 25.4 Å². The van der Waals surface area contributed by atoms with E-state index in [1.54, 1.807) is 23.3 Å². The Morgan fingerprint density at radius 3 is 2.86 bits per heavy atom. The fourth-order valence-corrected chi connectivity index (χ4v) is 1.85. The van der Waals surface area contributed by atoms with Crippen molar-refractivity contribution >= 4 is 5.91 Å². The monoisotopic (exact) mass is 280 g/mol. The minimum atomic E-state index is -0.279. The molecule has 0 atom stereocenters. The van der Waals surface area contributed by atoms with Crippen LogP contribution in [0.3, 0.4) is 0 Å². The van der Waals surface area contributed by atoms with Crippen molar-refractivity contribution in [3.63, 3.8) is 0 Å². The Balaban J connectivity index is 1.76. The predicted octanol–water partition coefficient (Wildman–Crippen LogP) is 0.987. The van der Waals surface area contributed by atoms with Gasteiger partial charge in [0.15, 0.2) is 5.82 Å². The zero-order valence-corrected chi connectivity index (χ0v) is 11.0. The summed E-state index contributed by atoms with van der Waals surface area (Å²) < 4.78 is 1.66. The average molecular weight is 280 g/mol. The van der Waals surface area contributed by atoms with Gasteiger partial charge in [-0.1, -0.05) is 6.07 Å². The van der Waals surface area contributed by atoms with Crippen molar-refractivity contribution < 1.29 is 4.79 Å². The minimum Gasteiger partial charge on any atom is -0.346 e. The molecule has 0 aliphatic carbocycles. The number of carbonyl (C=O) groups is 1. The van der Waals surface area contributed by atoms with Crippen LogP contribution in [0.5, 0.6) is 0 Å². The highest BCUT2D eigenvalue weighted by Gasteiger charge is 2.10. The van der Waals surface area contributed by atoms with E-state index < -0.39 is 0 Å². The van der Waals surface area contributed by atoms with Crippen molar-refractivity contribution in [3.05, 3.63) is 66.6 Å². The van der Waals surface area contributed by atoms with Crippen LogP contribution in [-0.2, 0) is 6.54 Å². The summed E-state index contributed by atoms with van der Waals surface area (Å²) in [5.74, 6) is 0.403. The number of rotatable bonds is 4. The van der Waals surface area contributed by atoms with E-state index in [-0.39, 0.29) is 11.6 Å². The van der Waals surface area contributed by atoms with Crippen LogP contribution in [-0.4, -0.2) is 30.6 Å². The van der Waals surface area contributed by atoms with Gasteiger partial charge in [-0.15, -0.1) is 0 Å². The number of hydrogen-bond donors (Lipinski definition) is 1. The molecular weight excluding hydrogens is 268 g/mol. The van der Waals surface area contributed by atoms with Gasteiger partial charge in [0.2, 0.25) is 0 Å². The Kier molecular flexibility index (Phi) is 3.64. The molecule has 0 saturated heterocycles. The predicted molar refractivity (Wildman–Crippen MR) is 74.6 cm³/mol. The summed E-state index contributed by atoms with van der Waals surface area (Å²) in [6.07, 6.45) is 9.59. The molecule has 3 aromatic rings. The number of amides is 1. The molecule has 7 nitrogen and oxygen atoms in total. The maximum atomic E-state index is 12.0. The SMILES string of the molecule is O=C(NCc1cccnc1-n1cccn1)c1cnccn1. The third-order valence-electron chi connectivity index (χ3n) is 2.82. The quantitative estimate of drug-likeness (QED) is 0.770. The zero-order valence-electron chi connectivity index (χ0n) is 11.0. The van der Waals surface area contributed by atoms with Crippen LogP contribution >= 0.6 is 0 Å². The van der Waals surface area contributed by atoms with Gasteiger partial charge in [0.05, 0.1) is 6.20 Å². The standard InChI is InChI=1S/C14H12N6O/c21-14(12-10-15-6-7-16-12)18-9-11-3-1-4-17-13(11)20-8-2-5-19-20/h1-8,10H,9H2,(H,18,21). The first kappa shape index (κ1) is 12.9. The van der Waals surface area contributed by atoms with Gasteiger partial charge in [-0.05, 0) is 12.1 Å². The lowest BCUT2D eigenvalue weighted by Crippen LogP contribution is -2.24. The van der Waals surface area contributed by atoms with Crippen molar-refractivity contribution in [1.29, 1.82) is 0 Å². The van der Waals surface area contributed by atoms with E-state index in [0.717, 1.165) is 5.56 Å². The molecular formula is C14H12N6O. The molecule has 0 radical (unpaired) electrons. The highest BCUT2D eigenvalue weighted by Crippen LogP contribution is 2.09. The molecule has 3 heterocycles. The molecule has 0 aliphatic rings. The number of nitrogens with zero attached hydrogens (tertiary/aromatic N) is 5. The molecule has 0 saturated carbocycles. The van der Waals surface area contributed by atoms with Gasteiger partial charge in [-0.25, -0.2) is 14.6 Å². The molecule has 21 heavy (non-hydrogen) atoms. The molecule has 3 aromatic heterocycles. The molecule has 0 aliphatic heterocycles. The molecule has 0 fully saturated rings. The fourth-order valence-electron chi connectivity index (χ4n) is 1.85. The summed E-state index contributed by atoms with van der Waals surface area (Å²) in [5, 5.41) is 6.95. The van der Waals surface area contributed by atoms with Gasteiger partial charge in [-0.3, -0.25) is 9.78 Å². The van der Waals surface area contributed by atoms with Crippen LogP contribution in [0.25, 0.3) is 5.82 Å². The summed E-state index contributed by atoms with van der Waals surface area (Å²) >= 11 is 0. The molecule has 1 amide bonds. The molecule has 0 unspecified atom stereocenters. The summed E-state index contributed by atoms with van der Waals surface area (Å²) in [6.45, 7) is 0.332. The van der Waals surface area contributed by atoms with Crippen molar-refractivity contribution in [2.75, 3.05) is 0 Å². The first-order valence-electron chi connectivity index (χ1n) is 6.33. The van der Waals surface area contributed by atoms with Crippen LogP contribution in [0.2, 0.25) is 0 Å². The summed E-state index contributed by atoms with van der Waals surface area (Å²) in [7, 11) is 0. The Labute approximate surface area is 120 Å². The first-order chi connectivity index (χ1) is 10.3. The maximum absolute atomic E-state index is 12.0. The Hall–Kier alpha value is -3.09. The van der Waals surface area contributed by atoms with Crippen molar-refractivity contribution in [2.45, 2.75) is 6.54 Å². The largest absolute Gasteiger partial charge is 0.346 e. The van der Waals surface area contributed by atoms with E-state index in [1.807, 2.05) is 18.2 Å². The lowest BCUT2D eigenvalue weighted by molar-refractivity contribution is 0.0945. The van der Waals surface area contributed by atoms with Crippen LogP contribution in [0.15, 0.2) is 55.4 Å². The smallest absolute Gasteiger partial charge is 0.271 e. The zero-order chi connectivity index (χ0) is 14.5. The topological polar surface area (TPSA) is 85.6 Å². The molecule has 7 heteroatoms. The lowest BCUT2D eigenvalue weighted by atomic mass is 10.2. The molecule has 1 N–H and O–H groups in total. The van der Waals surface area contributed by atoms with E-state index in [9.17, 15) is 4.79 Å². The Morgan fingerprint density at radius 2 is 2.10 bits per heavy atom. The van der Waals surface area contributed by atoms with Gasteiger partial charge in [0.25, 0.3) is 5.91 Å². The van der Waals surface area contributed by atoms with Crippen molar-refractivity contribution in [1.82, 2.24) is 30.0 Å². The average Bonchev–Trinajstić information content (AvgIpc) is 3.08. The number of pyridine rings is 1. The fraction of sp³-hybridized carbons (Fsp3) is 0.0714. The van der Waals surface area contributed by atoms with Crippen LogP contribution in [0.1, 0.15) is 16.1 Å². The maximum Gasteiger partial charge on any atom is 0.271 e. The molecule has 3 rings (SSSR count). The number of carbonyl (C=O) groups excluding carboxylic acids is 1. The first-order valence-corrected chi connectivity index (χ1v) is 6.33. The van der Waals surface area contributed by atoms with Gasteiger partial charge >= 0.3 is 0 Å². The normalized spacial score (nSPS) is 10.3. The second-order valence-corrected chi connectivity index (χ2v) is 4.21. The second kappa shape index (κ2) is 5.91. The van der Waals surface area contributed by atoms with Crippen LogP contribution in [0.4, 0.5) is 0 Å².